The molecule has 0 spiro atoms. The van der Waals surface area contributed by atoms with Crippen molar-refractivity contribution < 1.29 is 9.18 Å². The fourth-order valence-electron chi connectivity index (χ4n) is 1.23. The second kappa shape index (κ2) is 4.81. The molecular weight excluding hydrogens is 261 g/mol. The zero-order valence-corrected chi connectivity index (χ0v) is 9.49. The molecule has 0 saturated carbocycles. The lowest BCUT2D eigenvalue weighted by Gasteiger charge is -2.04. The number of halogens is 2. The predicted octanol–water partition coefficient (Wildman–Crippen LogP) is 1.72. The third-order valence-electron chi connectivity index (χ3n) is 2.05. The van der Waals surface area contributed by atoms with Crippen LogP contribution in [0.3, 0.4) is 0 Å². The van der Waals surface area contributed by atoms with E-state index in [1.807, 2.05) is 6.07 Å². The number of anilines is 1. The monoisotopic (exact) mass is 265 g/mol. The van der Waals surface area contributed by atoms with Gasteiger partial charge in [-0.2, -0.15) is 10.4 Å². The molecule has 2 N–H and O–H groups in total. The Morgan fingerprint density at radius 3 is 3.06 bits per heavy atom. The summed E-state index contributed by atoms with van der Waals surface area (Å²) in [5.74, 6) is -1.26. The van der Waals surface area contributed by atoms with Gasteiger partial charge in [0.25, 0.3) is 5.91 Å². The van der Waals surface area contributed by atoms with Gasteiger partial charge in [-0.3, -0.25) is 9.89 Å². The highest BCUT2D eigenvalue weighted by atomic mass is 35.5. The molecule has 2 rings (SSSR count). The molecule has 8 heteroatoms. The highest BCUT2D eigenvalue weighted by Gasteiger charge is 2.15. The number of hydrogen-bond acceptors (Lipinski definition) is 4. The topological polar surface area (TPSA) is 94.5 Å². The molecule has 0 aliphatic rings. The number of carbonyl (C=O) groups is 1. The summed E-state index contributed by atoms with van der Waals surface area (Å²) >= 11 is 5.68. The number of carbonyl (C=O) groups excluding carboxylic acids is 1. The summed E-state index contributed by atoms with van der Waals surface area (Å²) < 4.78 is 13.0. The van der Waals surface area contributed by atoms with Crippen LogP contribution in [0.15, 0.2) is 18.5 Å². The summed E-state index contributed by atoms with van der Waals surface area (Å²) in [7, 11) is 0. The molecule has 0 radical (unpaired) electrons. The molecule has 90 valence electrons. The highest BCUT2D eigenvalue weighted by molar-refractivity contribution is 6.33. The molecule has 0 saturated heterocycles. The number of H-pyrrole nitrogens is 1. The summed E-state index contributed by atoms with van der Waals surface area (Å²) in [6.07, 6.45) is 2.15. The molecule has 2 aromatic heterocycles. The molecule has 0 fully saturated rings. The average molecular weight is 266 g/mol. The van der Waals surface area contributed by atoms with E-state index in [0.717, 1.165) is 12.3 Å². The summed E-state index contributed by atoms with van der Waals surface area (Å²) in [4.78, 5) is 15.3. The van der Waals surface area contributed by atoms with Crippen molar-refractivity contribution in [2.24, 2.45) is 0 Å². The number of hydrogen-bond donors (Lipinski definition) is 2. The fraction of sp³-hybridized carbons (Fsp3) is 0. The minimum atomic E-state index is -0.687. The highest BCUT2D eigenvalue weighted by Crippen LogP contribution is 2.16. The minimum Gasteiger partial charge on any atom is -0.306 e. The molecule has 2 aromatic rings. The van der Waals surface area contributed by atoms with Crippen LogP contribution in [0.25, 0.3) is 0 Å². The molecule has 0 aliphatic carbocycles. The number of aromatic nitrogens is 3. The van der Waals surface area contributed by atoms with E-state index in [1.54, 1.807) is 0 Å². The van der Waals surface area contributed by atoms with Crippen LogP contribution in [0.1, 0.15) is 15.9 Å². The van der Waals surface area contributed by atoms with Gasteiger partial charge in [-0.15, -0.1) is 0 Å². The molecule has 1 amide bonds. The molecule has 0 atom stereocenters. The van der Waals surface area contributed by atoms with Crippen LogP contribution in [0.4, 0.5) is 10.2 Å². The van der Waals surface area contributed by atoms with Gasteiger partial charge in [-0.05, 0) is 6.07 Å². The largest absolute Gasteiger partial charge is 0.306 e. The third-order valence-corrected chi connectivity index (χ3v) is 2.35. The second-order valence-electron chi connectivity index (χ2n) is 3.22. The first-order valence-electron chi connectivity index (χ1n) is 4.67. The molecule has 0 bridgehead atoms. The Kier molecular flexibility index (Phi) is 3.21. The number of nitrogens with zero attached hydrogens (tertiary/aromatic N) is 3. The van der Waals surface area contributed by atoms with Crippen LogP contribution in [-0.4, -0.2) is 21.1 Å². The summed E-state index contributed by atoms with van der Waals surface area (Å²) in [5, 5.41) is 17.0. The maximum absolute atomic E-state index is 13.0. The van der Waals surface area contributed by atoms with Crippen molar-refractivity contribution in [3.8, 4) is 6.07 Å². The Hall–Kier alpha value is -2.46. The van der Waals surface area contributed by atoms with Crippen molar-refractivity contribution in [2.75, 3.05) is 5.32 Å². The van der Waals surface area contributed by atoms with E-state index < -0.39 is 11.7 Å². The fourth-order valence-corrected chi connectivity index (χ4v) is 1.42. The normalized spacial score (nSPS) is 9.83. The van der Waals surface area contributed by atoms with Gasteiger partial charge in [0.15, 0.2) is 0 Å². The van der Waals surface area contributed by atoms with Gasteiger partial charge in [0.1, 0.15) is 28.4 Å². The van der Waals surface area contributed by atoms with E-state index in [9.17, 15) is 9.18 Å². The first kappa shape index (κ1) is 12.0. The van der Waals surface area contributed by atoms with Crippen LogP contribution in [0.2, 0.25) is 5.15 Å². The second-order valence-corrected chi connectivity index (χ2v) is 3.57. The SMILES string of the molecule is N#Cc1cn[nH]c1NC(=O)c1cc(F)cnc1Cl. The smallest absolute Gasteiger partial charge is 0.260 e. The Labute approximate surface area is 105 Å². The van der Waals surface area contributed by atoms with E-state index in [0.29, 0.717) is 0 Å². The van der Waals surface area contributed by atoms with E-state index in [4.69, 9.17) is 16.9 Å². The maximum atomic E-state index is 13.0. The lowest BCUT2D eigenvalue weighted by molar-refractivity contribution is 0.102. The van der Waals surface area contributed by atoms with Crippen molar-refractivity contribution in [3.05, 3.63) is 40.6 Å². The summed E-state index contributed by atoms with van der Waals surface area (Å²) in [6, 6.07) is 2.78. The van der Waals surface area contributed by atoms with Crippen molar-refractivity contribution in [1.82, 2.24) is 15.2 Å². The third kappa shape index (κ3) is 2.28. The van der Waals surface area contributed by atoms with Crippen molar-refractivity contribution in [2.45, 2.75) is 0 Å². The zero-order valence-electron chi connectivity index (χ0n) is 8.74. The van der Waals surface area contributed by atoms with Gasteiger partial charge in [-0.1, -0.05) is 11.6 Å². The number of rotatable bonds is 2. The molecule has 0 unspecified atom stereocenters. The summed E-state index contributed by atoms with van der Waals surface area (Å²) in [6.45, 7) is 0. The van der Waals surface area contributed by atoms with Gasteiger partial charge in [0.2, 0.25) is 0 Å². The first-order chi connectivity index (χ1) is 8.61. The Balaban J connectivity index is 2.28. The van der Waals surface area contributed by atoms with Gasteiger partial charge in [0, 0.05) is 0 Å². The molecular formula is C10H5ClFN5O. The standard InChI is InChI=1S/C10H5ClFN5O/c11-8-7(1-6(12)4-14-8)10(18)16-9-5(2-13)3-15-17-9/h1,3-4H,(H2,15,16,17,18). The lowest BCUT2D eigenvalue weighted by Crippen LogP contribution is -2.14. The Morgan fingerprint density at radius 1 is 1.56 bits per heavy atom. The van der Waals surface area contributed by atoms with Crippen molar-refractivity contribution in [1.29, 1.82) is 5.26 Å². The van der Waals surface area contributed by atoms with E-state index >= 15 is 0 Å². The van der Waals surface area contributed by atoms with Gasteiger partial charge >= 0.3 is 0 Å². The molecule has 18 heavy (non-hydrogen) atoms. The zero-order chi connectivity index (χ0) is 13.1. The molecule has 2 heterocycles. The quantitative estimate of drug-likeness (QED) is 0.808. The minimum absolute atomic E-state index is 0.114. The van der Waals surface area contributed by atoms with E-state index in [1.165, 1.54) is 6.20 Å². The number of nitriles is 1. The van der Waals surface area contributed by atoms with Crippen LogP contribution in [-0.2, 0) is 0 Å². The van der Waals surface area contributed by atoms with E-state index in [2.05, 4.69) is 20.5 Å². The Bertz CT molecular complexity index is 648. The van der Waals surface area contributed by atoms with Crippen LogP contribution < -0.4 is 5.32 Å². The van der Waals surface area contributed by atoms with Crippen LogP contribution in [0.5, 0.6) is 0 Å². The number of pyridine rings is 1. The van der Waals surface area contributed by atoms with Gasteiger partial charge in [0.05, 0.1) is 18.0 Å². The van der Waals surface area contributed by atoms with E-state index in [-0.39, 0.29) is 22.1 Å². The van der Waals surface area contributed by atoms with Crippen LogP contribution >= 0.6 is 11.6 Å². The van der Waals surface area contributed by atoms with Crippen LogP contribution in [0, 0.1) is 17.1 Å². The maximum Gasteiger partial charge on any atom is 0.260 e. The van der Waals surface area contributed by atoms with Crippen molar-refractivity contribution >= 4 is 23.3 Å². The van der Waals surface area contributed by atoms with Crippen molar-refractivity contribution in [3.63, 3.8) is 0 Å². The predicted molar refractivity (Wildman–Crippen MR) is 60.5 cm³/mol. The Morgan fingerprint density at radius 2 is 2.33 bits per heavy atom. The van der Waals surface area contributed by atoms with Gasteiger partial charge in [-0.25, -0.2) is 9.37 Å². The number of amides is 1. The summed E-state index contributed by atoms with van der Waals surface area (Å²) in [5.41, 5.74) is 0.0268. The first-order valence-corrected chi connectivity index (χ1v) is 5.05. The molecule has 0 aliphatic heterocycles. The lowest BCUT2D eigenvalue weighted by atomic mass is 10.2. The molecule has 6 nitrogen and oxygen atoms in total. The molecule has 0 aromatic carbocycles. The van der Waals surface area contributed by atoms with Gasteiger partial charge < -0.3 is 5.32 Å². The average Bonchev–Trinajstić information content (AvgIpc) is 2.79. The number of nitrogens with one attached hydrogen (secondary N) is 2. The number of aromatic amines is 1.